The molecule has 1 saturated carbocycles. The lowest BCUT2D eigenvalue weighted by molar-refractivity contribution is -0.121. The summed E-state index contributed by atoms with van der Waals surface area (Å²) in [5.74, 6) is 1.65. The molecule has 1 saturated heterocycles. The molecule has 114 valence electrons. The van der Waals surface area contributed by atoms with Crippen LogP contribution in [0.15, 0.2) is 18.5 Å². The number of aromatic nitrogens is 2. The van der Waals surface area contributed by atoms with Crippen LogP contribution >= 0.6 is 0 Å². The van der Waals surface area contributed by atoms with E-state index in [2.05, 4.69) is 25.5 Å². The standard InChI is InChI=1S/C15H23N5O/c21-14(10-16-9-12-4-5-12)19-13-3-1-8-20(11-13)15-17-6-2-7-18-15/h2,6-7,12-13,16H,1,3-5,8-11H2,(H,19,21). The van der Waals surface area contributed by atoms with Crippen LogP contribution in [0.5, 0.6) is 0 Å². The van der Waals surface area contributed by atoms with Gasteiger partial charge in [-0.05, 0) is 44.2 Å². The van der Waals surface area contributed by atoms with Crippen molar-refractivity contribution in [3.63, 3.8) is 0 Å². The molecule has 3 rings (SSSR count). The van der Waals surface area contributed by atoms with Gasteiger partial charge < -0.3 is 15.5 Å². The van der Waals surface area contributed by atoms with E-state index in [1.54, 1.807) is 12.4 Å². The average molecular weight is 289 g/mol. The molecule has 0 bridgehead atoms. The quantitative estimate of drug-likeness (QED) is 0.801. The average Bonchev–Trinajstić information content (AvgIpc) is 3.33. The van der Waals surface area contributed by atoms with E-state index in [9.17, 15) is 4.79 Å². The fraction of sp³-hybridized carbons (Fsp3) is 0.667. The van der Waals surface area contributed by atoms with Crippen molar-refractivity contribution in [2.75, 3.05) is 31.1 Å². The molecular formula is C15H23N5O. The van der Waals surface area contributed by atoms with Crippen molar-refractivity contribution < 1.29 is 4.79 Å². The summed E-state index contributed by atoms with van der Waals surface area (Å²) in [6.45, 7) is 3.14. The highest BCUT2D eigenvalue weighted by atomic mass is 16.2. The lowest BCUT2D eigenvalue weighted by atomic mass is 10.1. The highest BCUT2D eigenvalue weighted by Crippen LogP contribution is 2.27. The van der Waals surface area contributed by atoms with Crippen molar-refractivity contribution in [2.45, 2.75) is 31.7 Å². The van der Waals surface area contributed by atoms with E-state index in [0.29, 0.717) is 6.54 Å². The first-order chi connectivity index (χ1) is 10.3. The summed E-state index contributed by atoms with van der Waals surface area (Å²) in [6, 6.07) is 2.01. The molecule has 0 aromatic carbocycles. The zero-order valence-corrected chi connectivity index (χ0v) is 12.3. The van der Waals surface area contributed by atoms with Crippen molar-refractivity contribution in [1.29, 1.82) is 0 Å². The fourth-order valence-corrected chi connectivity index (χ4v) is 2.72. The molecule has 6 nitrogen and oxygen atoms in total. The number of piperidine rings is 1. The van der Waals surface area contributed by atoms with Gasteiger partial charge in [0.25, 0.3) is 0 Å². The van der Waals surface area contributed by atoms with Crippen molar-refractivity contribution >= 4 is 11.9 Å². The Morgan fingerprint density at radius 2 is 2.10 bits per heavy atom. The van der Waals surface area contributed by atoms with Gasteiger partial charge in [0.05, 0.1) is 6.54 Å². The van der Waals surface area contributed by atoms with E-state index < -0.39 is 0 Å². The second kappa shape index (κ2) is 6.85. The number of nitrogens with zero attached hydrogens (tertiary/aromatic N) is 3. The first-order valence-corrected chi connectivity index (χ1v) is 7.83. The smallest absolute Gasteiger partial charge is 0.234 e. The fourth-order valence-electron chi connectivity index (χ4n) is 2.72. The number of carbonyl (C=O) groups is 1. The van der Waals surface area contributed by atoms with Crippen LogP contribution in [0.25, 0.3) is 0 Å². The molecule has 1 unspecified atom stereocenters. The number of carbonyl (C=O) groups excluding carboxylic acids is 1. The second-order valence-corrected chi connectivity index (χ2v) is 5.98. The molecule has 2 aliphatic rings. The molecule has 21 heavy (non-hydrogen) atoms. The summed E-state index contributed by atoms with van der Waals surface area (Å²) in [4.78, 5) is 22.6. The highest BCUT2D eigenvalue weighted by molar-refractivity contribution is 5.78. The Labute approximate surface area is 125 Å². The van der Waals surface area contributed by atoms with E-state index in [-0.39, 0.29) is 11.9 Å². The summed E-state index contributed by atoms with van der Waals surface area (Å²) in [7, 11) is 0. The van der Waals surface area contributed by atoms with Crippen LogP contribution in [0.2, 0.25) is 0 Å². The molecule has 1 aromatic rings. The van der Waals surface area contributed by atoms with Gasteiger partial charge in [-0.2, -0.15) is 0 Å². The SMILES string of the molecule is O=C(CNCC1CC1)NC1CCCN(c2ncccn2)C1. The number of rotatable bonds is 6. The molecule has 2 heterocycles. The van der Waals surface area contributed by atoms with E-state index >= 15 is 0 Å². The molecule has 1 atom stereocenters. The van der Waals surface area contributed by atoms with Gasteiger partial charge in [0.1, 0.15) is 0 Å². The van der Waals surface area contributed by atoms with Crippen LogP contribution in [0.3, 0.4) is 0 Å². The maximum atomic E-state index is 11.9. The summed E-state index contributed by atoms with van der Waals surface area (Å²) >= 11 is 0. The number of anilines is 1. The van der Waals surface area contributed by atoms with Gasteiger partial charge in [-0.15, -0.1) is 0 Å². The summed E-state index contributed by atoms with van der Waals surface area (Å²) in [5.41, 5.74) is 0. The molecule has 0 spiro atoms. The third-order valence-electron chi connectivity index (χ3n) is 4.04. The molecule has 2 fully saturated rings. The minimum absolute atomic E-state index is 0.0940. The second-order valence-electron chi connectivity index (χ2n) is 5.98. The highest BCUT2D eigenvalue weighted by Gasteiger charge is 2.23. The zero-order chi connectivity index (χ0) is 14.5. The predicted molar refractivity (Wildman–Crippen MR) is 81.0 cm³/mol. The monoisotopic (exact) mass is 289 g/mol. The van der Waals surface area contributed by atoms with E-state index in [1.165, 1.54) is 12.8 Å². The molecular weight excluding hydrogens is 266 g/mol. The Bertz CT molecular complexity index is 462. The van der Waals surface area contributed by atoms with Gasteiger partial charge in [0.15, 0.2) is 0 Å². The first kappa shape index (κ1) is 14.3. The molecule has 2 N–H and O–H groups in total. The van der Waals surface area contributed by atoms with Crippen molar-refractivity contribution in [2.24, 2.45) is 5.92 Å². The topological polar surface area (TPSA) is 70.2 Å². The summed E-state index contributed by atoms with van der Waals surface area (Å²) < 4.78 is 0. The molecule has 6 heteroatoms. The Hall–Kier alpha value is -1.69. The van der Waals surface area contributed by atoms with Gasteiger partial charge in [-0.3, -0.25) is 4.79 Å². The number of amides is 1. The van der Waals surface area contributed by atoms with Gasteiger partial charge >= 0.3 is 0 Å². The predicted octanol–water partition coefficient (Wildman–Crippen LogP) is 0.561. The minimum atomic E-state index is 0.0940. The number of hydrogen-bond acceptors (Lipinski definition) is 5. The van der Waals surface area contributed by atoms with Gasteiger partial charge in [0, 0.05) is 31.5 Å². The van der Waals surface area contributed by atoms with Crippen LogP contribution < -0.4 is 15.5 Å². The number of nitrogens with one attached hydrogen (secondary N) is 2. The third-order valence-corrected chi connectivity index (χ3v) is 4.04. The number of hydrogen-bond donors (Lipinski definition) is 2. The maximum absolute atomic E-state index is 11.9. The Kier molecular flexibility index (Phi) is 4.65. The van der Waals surface area contributed by atoms with E-state index in [1.807, 2.05) is 6.07 Å². The molecule has 1 aromatic heterocycles. The first-order valence-electron chi connectivity index (χ1n) is 7.83. The minimum Gasteiger partial charge on any atom is -0.350 e. The normalized spacial score (nSPS) is 22.1. The maximum Gasteiger partial charge on any atom is 0.234 e. The summed E-state index contributed by atoms with van der Waals surface area (Å²) in [6.07, 6.45) is 8.21. The van der Waals surface area contributed by atoms with Gasteiger partial charge in [0.2, 0.25) is 11.9 Å². The van der Waals surface area contributed by atoms with Crippen LogP contribution in [-0.4, -0.2) is 48.1 Å². The van der Waals surface area contributed by atoms with Crippen LogP contribution in [0.4, 0.5) is 5.95 Å². The third kappa shape index (κ3) is 4.39. The van der Waals surface area contributed by atoms with Crippen LogP contribution in [0, 0.1) is 5.92 Å². The van der Waals surface area contributed by atoms with Crippen LogP contribution in [-0.2, 0) is 4.79 Å². The van der Waals surface area contributed by atoms with Gasteiger partial charge in [-0.25, -0.2) is 9.97 Å². The van der Waals surface area contributed by atoms with Crippen molar-refractivity contribution in [3.05, 3.63) is 18.5 Å². The van der Waals surface area contributed by atoms with Gasteiger partial charge in [-0.1, -0.05) is 0 Å². The zero-order valence-electron chi connectivity index (χ0n) is 12.3. The largest absolute Gasteiger partial charge is 0.350 e. The Morgan fingerprint density at radius 1 is 1.29 bits per heavy atom. The van der Waals surface area contributed by atoms with E-state index in [0.717, 1.165) is 44.3 Å². The Balaban J connectivity index is 1.43. The van der Waals surface area contributed by atoms with E-state index in [4.69, 9.17) is 0 Å². The molecule has 1 aliphatic heterocycles. The molecule has 1 amide bonds. The lowest BCUT2D eigenvalue weighted by Gasteiger charge is -2.33. The molecule has 1 aliphatic carbocycles. The lowest BCUT2D eigenvalue weighted by Crippen LogP contribution is -2.50. The molecule has 0 radical (unpaired) electrons. The van der Waals surface area contributed by atoms with Crippen molar-refractivity contribution in [3.8, 4) is 0 Å². The van der Waals surface area contributed by atoms with Crippen LogP contribution in [0.1, 0.15) is 25.7 Å². The summed E-state index contributed by atoms with van der Waals surface area (Å²) in [5, 5.41) is 6.34. The van der Waals surface area contributed by atoms with Crippen molar-refractivity contribution in [1.82, 2.24) is 20.6 Å². The Morgan fingerprint density at radius 3 is 2.86 bits per heavy atom.